The minimum atomic E-state index is -3.08. The van der Waals surface area contributed by atoms with E-state index in [9.17, 15) is 10.5 Å². The Kier molecular flexibility index (Phi) is 7.63. The zero-order chi connectivity index (χ0) is 34.1. The maximum atomic E-state index is 10.4. The van der Waals surface area contributed by atoms with Crippen LogP contribution < -0.4 is 20.7 Å². The molecule has 0 saturated heterocycles. The lowest BCUT2D eigenvalue weighted by atomic mass is 10.0. The van der Waals surface area contributed by atoms with Gasteiger partial charge in [-0.25, -0.2) is 4.85 Å². The largest absolute Gasteiger partial charge is 0.310 e. The van der Waals surface area contributed by atoms with Crippen molar-refractivity contribution in [2.24, 2.45) is 0 Å². The summed E-state index contributed by atoms with van der Waals surface area (Å²) in [5.41, 5.74) is 6.43. The van der Waals surface area contributed by atoms with Crippen LogP contribution in [-0.2, 0) is 0 Å². The fourth-order valence-corrected chi connectivity index (χ4v) is 12.5. The zero-order valence-corrected chi connectivity index (χ0v) is 28.0. The Morgan fingerprint density at radius 1 is 0.500 bits per heavy atom. The molecule has 0 spiro atoms. The first kappa shape index (κ1) is 30.4. The van der Waals surface area contributed by atoms with E-state index in [1.54, 1.807) is 0 Å². The van der Waals surface area contributed by atoms with Crippen LogP contribution in [-0.4, -0.2) is 12.6 Å². The molecular formula is C45H28N4Si. The van der Waals surface area contributed by atoms with Crippen LogP contribution in [0.2, 0.25) is 0 Å². The second kappa shape index (κ2) is 12.6. The van der Waals surface area contributed by atoms with Gasteiger partial charge < -0.3 is 4.57 Å². The van der Waals surface area contributed by atoms with Crippen LogP contribution in [0, 0.1) is 29.2 Å². The van der Waals surface area contributed by atoms with Gasteiger partial charge in [0, 0.05) is 22.0 Å². The first-order chi connectivity index (χ1) is 24.7. The summed E-state index contributed by atoms with van der Waals surface area (Å²) < 4.78 is 2.22. The molecule has 8 rings (SSSR count). The molecule has 0 saturated carbocycles. The number of nitrogens with zero attached hydrogens (tertiary/aromatic N) is 4. The van der Waals surface area contributed by atoms with Crippen LogP contribution in [0.4, 0.5) is 5.69 Å². The van der Waals surface area contributed by atoms with Crippen molar-refractivity contribution in [3.05, 3.63) is 192 Å². The fraction of sp³-hybridized carbons (Fsp3) is 0. The fourth-order valence-electron chi connectivity index (χ4n) is 7.49. The Balaban J connectivity index is 1.54. The number of hydrogen-bond acceptors (Lipinski definition) is 2. The zero-order valence-electron chi connectivity index (χ0n) is 27.0. The molecule has 0 aliphatic rings. The molecule has 0 aliphatic carbocycles. The van der Waals surface area contributed by atoms with Gasteiger partial charge in [-0.2, -0.15) is 10.5 Å². The molecule has 0 unspecified atom stereocenters. The third-order valence-corrected chi connectivity index (χ3v) is 14.4. The SMILES string of the molecule is [C-]#[N+]c1ccc(-c2ccc(C#N)cc2[Si](c2ccccc2)(c2ccccc2)c2ccccc2)c(-n2c3ccccc3c3cc(C#N)ccc32)c1. The molecular weight excluding hydrogens is 625 g/mol. The molecule has 7 aromatic carbocycles. The summed E-state index contributed by atoms with van der Waals surface area (Å²) in [6, 6.07) is 62.8. The number of para-hydroxylation sites is 1. The molecule has 5 heteroatoms. The summed E-state index contributed by atoms with van der Waals surface area (Å²) in [4.78, 5) is 3.86. The number of rotatable bonds is 6. The van der Waals surface area contributed by atoms with E-state index >= 15 is 0 Å². The number of aromatic nitrogens is 1. The molecule has 0 radical (unpaired) electrons. The maximum Gasteiger partial charge on any atom is 0.189 e. The summed E-state index contributed by atoms with van der Waals surface area (Å²) in [5.74, 6) is 0. The highest BCUT2D eigenvalue weighted by Gasteiger charge is 2.43. The molecule has 1 heterocycles. The smallest absolute Gasteiger partial charge is 0.189 e. The van der Waals surface area contributed by atoms with Crippen molar-refractivity contribution in [1.82, 2.24) is 4.57 Å². The molecule has 0 amide bonds. The van der Waals surface area contributed by atoms with E-state index in [2.05, 4.69) is 125 Å². The molecule has 4 nitrogen and oxygen atoms in total. The average Bonchev–Trinajstić information content (AvgIpc) is 3.52. The van der Waals surface area contributed by atoms with E-state index in [0.717, 1.165) is 43.8 Å². The first-order valence-corrected chi connectivity index (χ1v) is 18.3. The minimum absolute atomic E-state index is 0.524. The van der Waals surface area contributed by atoms with E-state index in [1.165, 1.54) is 15.6 Å². The van der Waals surface area contributed by atoms with Crippen molar-refractivity contribution in [2.45, 2.75) is 0 Å². The molecule has 0 fully saturated rings. The van der Waals surface area contributed by atoms with E-state index in [4.69, 9.17) is 6.57 Å². The molecule has 0 aliphatic heterocycles. The van der Waals surface area contributed by atoms with Gasteiger partial charge in [-0.3, -0.25) is 0 Å². The standard InChI is InChI=1S/C45H28N4Si/c1-48-34-23-25-39(44(29-34)49-42-20-12-11-19-38(42)41-27-32(30-46)22-26-43(41)49)40-24-21-33(31-47)28-45(40)50(35-13-5-2-6-14-35,36-15-7-3-8-16-36)37-17-9-4-10-18-37/h2-29H. The summed E-state index contributed by atoms with van der Waals surface area (Å²) >= 11 is 0. The van der Waals surface area contributed by atoms with Gasteiger partial charge in [0.05, 0.1) is 40.9 Å². The molecule has 50 heavy (non-hydrogen) atoms. The van der Waals surface area contributed by atoms with Crippen LogP contribution >= 0.6 is 0 Å². The average molecular weight is 653 g/mol. The first-order valence-electron chi connectivity index (χ1n) is 16.3. The Labute approximate surface area is 291 Å². The van der Waals surface area contributed by atoms with Gasteiger partial charge in [-0.05, 0) is 68.8 Å². The van der Waals surface area contributed by atoms with Crippen molar-refractivity contribution >= 4 is 56.3 Å². The van der Waals surface area contributed by atoms with Gasteiger partial charge in [-0.15, -0.1) is 0 Å². The van der Waals surface area contributed by atoms with Crippen LogP contribution in [0.3, 0.4) is 0 Å². The molecule has 232 valence electrons. The Morgan fingerprint density at radius 2 is 1.02 bits per heavy atom. The second-order valence-corrected chi connectivity index (χ2v) is 16.0. The Hall–Kier alpha value is -6.97. The van der Waals surface area contributed by atoms with Crippen LogP contribution in [0.25, 0.3) is 43.5 Å². The number of nitriles is 2. The van der Waals surface area contributed by atoms with Gasteiger partial charge in [0.2, 0.25) is 0 Å². The molecule has 0 atom stereocenters. The van der Waals surface area contributed by atoms with Crippen molar-refractivity contribution < 1.29 is 0 Å². The van der Waals surface area contributed by atoms with Crippen LogP contribution in [0.1, 0.15) is 11.1 Å². The van der Waals surface area contributed by atoms with E-state index in [-0.39, 0.29) is 0 Å². The summed E-state index contributed by atoms with van der Waals surface area (Å²) in [7, 11) is -3.08. The third-order valence-electron chi connectivity index (χ3n) is 9.62. The van der Waals surface area contributed by atoms with Gasteiger partial charge in [0.1, 0.15) is 0 Å². The quantitative estimate of drug-likeness (QED) is 0.104. The van der Waals surface area contributed by atoms with Crippen molar-refractivity contribution in [3.8, 4) is 29.0 Å². The molecule has 0 N–H and O–H groups in total. The minimum Gasteiger partial charge on any atom is -0.310 e. The van der Waals surface area contributed by atoms with Gasteiger partial charge in [-0.1, -0.05) is 127 Å². The van der Waals surface area contributed by atoms with Gasteiger partial charge in [0.25, 0.3) is 0 Å². The lowest BCUT2D eigenvalue weighted by Gasteiger charge is -2.36. The second-order valence-electron chi connectivity index (χ2n) is 12.2. The van der Waals surface area contributed by atoms with Crippen molar-refractivity contribution in [1.29, 1.82) is 10.5 Å². The highest BCUT2D eigenvalue weighted by Crippen LogP contribution is 2.38. The molecule has 1 aromatic heterocycles. The monoisotopic (exact) mass is 652 g/mol. The lowest BCUT2D eigenvalue weighted by Crippen LogP contribution is -2.75. The van der Waals surface area contributed by atoms with Crippen LogP contribution in [0.15, 0.2) is 170 Å². The van der Waals surface area contributed by atoms with Crippen molar-refractivity contribution in [2.75, 3.05) is 0 Å². The number of hydrogen-bond donors (Lipinski definition) is 0. The number of benzene rings is 7. The van der Waals surface area contributed by atoms with Crippen LogP contribution in [0.5, 0.6) is 0 Å². The summed E-state index contributed by atoms with van der Waals surface area (Å²) in [6.45, 7) is 8.00. The summed E-state index contributed by atoms with van der Waals surface area (Å²) in [5, 5.41) is 26.8. The molecule has 0 bridgehead atoms. The van der Waals surface area contributed by atoms with E-state index in [0.29, 0.717) is 16.8 Å². The third kappa shape index (κ3) is 4.80. The normalized spacial score (nSPS) is 11.1. The maximum absolute atomic E-state index is 10.4. The highest BCUT2D eigenvalue weighted by molar-refractivity contribution is 7.20. The highest BCUT2D eigenvalue weighted by atomic mass is 28.3. The molecule has 8 aromatic rings. The van der Waals surface area contributed by atoms with Gasteiger partial charge >= 0.3 is 0 Å². The topological polar surface area (TPSA) is 56.9 Å². The Morgan fingerprint density at radius 3 is 1.62 bits per heavy atom. The lowest BCUT2D eigenvalue weighted by molar-refractivity contribution is 1.18. The van der Waals surface area contributed by atoms with E-state index < -0.39 is 8.07 Å². The number of fused-ring (bicyclic) bond motifs is 3. The van der Waals surface area contributed by atoms with Gasteiger partial charge in [0.15, 0.2) is 13.8 Å². The summed E-state index contributed by atoms with van der Waals surface area (Å²) in [6.07, 6.45) is 0. The van der Waals surface area contributed by atoms with Crippen molar-refractivity contribution in [3.63, 3.8) is 0 Å². The van der Waals surface area contributed by atoms with E-state index in [1.807, 2.05) is 66.7 Å². The predicted octanol–water partition coefficient (Wildman–Crippen LogP) is 8.12. The Bertz CT molecular complexity index is 2580. The predicted molar refractivity (Wildman–Crippen MR) is 206 cm³/mol.